The predicted octanol–water partition coefficient (Wildman–Crippen LogP) is 3.63. The van der Waals surface area contributed by atoms with Gasteiger partial charge in [-0.25, -0.2) is 9.98 Å². The summed E-state index contributed by atoms with van der Waals surface area (Å²) in [6.07, 6.45) is 0. The van der Waals surface area contributed by atoms with Gasteiger partial charge in [-0.1, -0.05) is 48.0 Å². The van der Waals surface area contributed by atoms with E-state index in [9.17, 15) is 4.79 Å². The molecule has 2 aromatic carbocycles. The van der Waals surface area contributed by atoms with Gasteiger partial charge in [-0.3, -0.25) is 4.79 Å². The maximum absolute atomic E-state index is 13.3. The van der Waals surface area contributed by atoms with Crippen LogP contribution in [0.15, 0.2) is 58.1 Å². The van der Waals surface area contributed by atoms with Crippen LogP contribution in [0.3, 0.4) is 0 Å². The van der Waals surface area contributed by atoms with Gasteiger partial charge in [-0.05, 0) is 25.0 Å². The van der Waals surface area contributed by atoms with E-state index in [2.05, 4.69) is 18.0 Å². The Morgan fingerprint density at radius 2 is 1.60 bits per heavy atom. The molecule has 1 heterocycles. The zero-order valence-corrected chi connectivity index (χ0v) is 14.8. The van der Waals surface area contributed by atoms with Crippen LogP contribution in [0.5, 0.6) is 0 Å². The molecule has 0 atom stereocenters. The molecule has 4 heteroatoms. The van der Waals surface area contributed by atoms with Gasteiger partial charge in [0.05, 0.1) is 5.57 Å². The molecule has 124 valence electrons. The van der Waals surface area contributed by atoms with Crippen LogP contribution in [0.25, 0.3) is 5.57 Å². The van der Waals surface area contributed by atoms with Crippen molar-refractivity contribution in [1.82, 2.24) is 4.90 Å². The number of hydrogen-bond acceptors (Lipinski definition) is 4. The van der Waals surface area contributed by atoms with Crippen molar-refractivity contribution in [1.29, 1.82) is 0 Å². The van der Waals surface area contributed by atoms with Crippen LogP contribution in [0, 0.1) is 13.8 Å². The molecular weight excluding hydrogens is 310 g/mol. The van der Waals surface area contributed by atoms with E-state index < -0.39 is 0 Å². The van der Waals surface area contributed by atoms with Gasteiger partial charge in [0.2, 0.25) is 5.96 Å². The van der Waals surface area contributed by atoms with E-state index in [1.807, 2.05) is 62.3 Å². The second-order valence-corrected chi connectivity index (χ2v) is 6.68. The first-order chi connectivity index (χ1) is 12.0. The zero-order valence-electron chi connectivity index (χ0n) is 14.8. The number of guanidine groups is 1. The molecule has 0 fully saturated rings. The third-order valence-electron chi connectivity index (χ3n) is 4.59. The summed E-state index contributed by atoms with van der Waals surface area (Å²) >= 11 is 0. The highest BCUT2D eigenvalue weighted by atomic mass is 16.1. The van der Waals surface area contributed by atoms with Gasteiger partial charge < -0.3 is 4.90 Å². The molecule has 0 saturated carbocycles. The second-order valence-electron chi connectivity index (χ2n) is 6.68. The van der Waals surface area contributed by atoms with Crippen LogP contribution < -0.4 is 0 Å². The molecule has 0 radical (unpaired) electrons. The van der Waals surface area contributed by atoms with Crippen molar-refractivity contribution >= 4 is 23.0 Å². The number of rotatable bonds is 1. The molecule has 1 aliphatic carbocycles. The number of nitrogens with zero attached hydrogens (tertiary/aromatic N) is 3. The Morgan fingerprint density at radius 3 is 2.28 bits per heavy atom. The number of ketones is 1. The average molecular weight is 329 g/mol. The summed E-state index contributed by atoms with van der Waals surface area (Å²) in [5.41, 5.74) is 6.83. The first-order valence-corrected chi connectivity index (χ1v) is 8.28. The van der Waals surface area contributed by atoms with Crippen LogP contribution in [0.2, 0.25) is 0 Å². The minimum absolute atomic E-state index is 0.0141. The predicted molar refractivity (Wildman–Crippen MR) is 101 cm³/mol. The Balaban J connectivity index is 2.03. The number of carbonyl (C=O) groups is 1. The number of hydrogen-bond donors (Lipinski definition) is 0. The molecule has 2 aromatic rings. The van der Waals surface area contributed by atoms with Crippen LogP contribution >= 0.6 is 0 Å². The summed E-state index contributed by atoms with van der Waals surface area (Å²) < 4.78 is 0. The lowest BCUT2D eigenvalue weighted by Crippen LogP contribution is -2.20. The molecule has 4 rings (SSSR count). The topological polar surface area (TPSA) is 45.0 Å². The van der Waals surface area contributed by atoms with Gasteiger partial charge in [0.1, 0.15) is 11.4 Å². The van der Waals surface area contributed by atoms with Crippen molar-refractivity contribution in [3.8, 4) is 0 Å². The summed E-state index contributed by atoms with van der Waals surface area (Å²) in [5.74, 6) is 0.636. The van der Waals surface area contributed by atoms with E-state index in [1.54, 1.807) is 0 Å². The van der Waals surface area contributed by atoms with Crippen LogP contribution in [-0.4, -0.2) is 36.4 Å². The van der Waals surface area contributed by atoms with Crippen LogP contribution in [0.4, 0.5) is 0 Å². The number of fused-ring (bicyclic) bond motifs is 3. The minimum Gasteiger partial charge on any atom is -0.347 e. The fraction of sp³-hybridized carbons (Fsp3) is 0.190. The van der Waals surface area contributed by atoms with Crippen molar-refractivity contribution < 1.29 is 4.79 Å². The fourth-order valence-corrected chi connectivity index (χ4v) is 3.37. The zero-order chi connectivity index (χ0) is 17.7. The molecular formula is C21H19N3O. The number of benzene rings is 2. The van der Waals surface area contributed by atoms with Gasteiger partial charge in [-0.2, -0.15) is 0 Å². The SMILES string of the molecule is Cc1ccc(C2=C3N=C(N(C)C)N=C3c3ccccc3C2=O)c(C)c1. The lowest BCUT2D eigenvalue weighted by molar-refractivity contribution is 0.105. The largest absolute Gasteiger partial charge is 0.347 e. The van der Waals surface area contributed by atoms with Gasteiger partial charge >= 0.3 is 0 Å². The molecule has 0 N–H and O–H groups in total. The molecule has 2 aliphatic rings. The standard InChI is InChI=1S/C21H19N3O/c1-12-9-10-14(13(2)11-12)17-19-18(22-21(23-19)24(3)4)15-7-5-6-8-16(15)20(17)25/h5-11H,1-4H3. The van der Waals surface area contributed by atoms with E-state index >= 15 is 0 Å². The van der Waals surface area contributed by atoms with Gasteiger partial charge in [-0.15, -0.1) is 0 Å². The van der Waals surface area contributed by atoms with E-state index in [-0.39, 0.29) is 5.78 Å². The summed E-state index contributed by atoms with van der Waals surface area (Å²) in [6, 6.07) is 13.8. The first-order valence-electron chi connectivity index (χ1n) is 8.28. The number of aryl methyl sites for hydroxylation is 2. The summed E-state index contributed by atoms with van der Waals surface area (Å²) in [7, 11) is 3.82. The Morgan fingerprint density at radius 1 is 0.880 bits per heavy atom. The van der Waals surface area contributed by atoms with Crippen molar-refractivity contribution in [3.63, 3.8) is 0 Å². The van der Waals surface area contributed by atoms with Crippen molar-refractivity contribution in [3.05, 3.63) is 76.0 Å². The molecule has 0 spiro atoms. The Kier molecular flexibility index (Phi) is 3.42. The van der Waals surface area contributed by atoms with Gasteiger partial charge in [0.15, 0.2) is 5.78 Å². The Hall–Kier alpha value is -3.01. The molecule has 0 saturated heterocycles. The van der Waals surface area contributed by atoms with Crippen molar-refractivity contribution in [2.45, 2.75) is 13.8 Å². The Labute approximate surface area is 147 Å². The number of aliphatic imine (C=N–C) groups is 2. The summed E-state index contributed by atoms with van der Waals surface area (Å²) in [5, 5.41) is 0. The van der Waals surface area contributed by atoms with Crippen LogP contribution in [0.1, 0.15) is 32.6 Å². The average Bonchev–Trinajstić information content (AvgIpc) is 3.02. The highest BCUT2D eigenvalue weighted by Crippen LogP contribution is 2.37. The highest BCUT2D eigenvalue weighted by molar-refractivity contribution is 6.43. The van der Waals surface area contributed by atoms with Gasteiger partial charge in [0.25, 0.3) is 0 Å². The molecule has 0 amide bonds. The monoisotopic (exact) mass is 329 g/mol. The maximum atomic E-state index is 13.3. The van der Waals surface area contributed by atoms with Crippen molar-refractivity contribution in [2.75, 3.05) is 14.1 Å². The molecule has 1 aliphatic heterocycles. The minimum atomic E-state index is 0.0141. The van der Waals surface area contributed by atoms with E-state index in [4.69, 9.17) is 4.99 Å². The normalized spacial score (nSPS) is 15.6. The third-order valence-corrected chi connectivity index (χ3v) is 4.59. The molecule has 0 bridgehead atoms. The quantitative estimate of drug-likeness (QED) is 0.802. The number of Topliss-reactive ketones (excluding diaryl/α,β-unsaturated/α-hetero) is 1. The molecule has 4 nitrogen and oxygen atoms in total. The molecule has 25 heavy (non-hydrogen) atoms. The maximum Gasteiger partial charge on any atom is 0.226 e. The second kappa shape index (κ2) is 5.52. The van der Waals surface area contributed by atoms with Crippen LogP contribution in [-0.2, 0) is 0 Å². The number of allylic oxidation sites excluding steroid dienone is 2. The summed E-state index contributed by atoms with van der Waals surface area (Å²) in [4.78, 5) is 24.5. The fourth-order valence-electron chi connectivity index (χ4n) is 3.37. The van der Waals surface area contributed by atoms with Crippen molar-refractivity contribution in [2.24, 2.45) is 9.98 Å². The molecule has 0 unspecified atom stereocenters. The van der Waals surface area contributed by atoms with E-state index in [0.717, 1.165) is 22.4 Å². The summed E-state index contributed by atoms with van der Waals surface area (Å²) in [6.45, 7) is 4.09. The lowest BCUT2D eigenvalue weighted by Gasteiger charge is -2.20. The Bertz CT molecular complexity index is 1010. The highest BCUT2D eigenvalue weighted by Gasteiger charge is 2.35. The lowest BCUT2D eigenvalue weighted by atomic mass is 9.82. The first kappa shape index (κ1) is 15.5. The van der Waals surface area contributed by atoms with E-state index in [0.29, 0.717) is 22.8 Å². The van der Waals surface area contributed by atoms with E-state index in [1.165, 1.54) is 5.56 Å². The number of carbonyl (C=O) groups excluding carboxylic acids is 1. The third kappa shape index (κ3) is 2.33. The smallest absolute Gasteiger partial charge is 0.226 e. The van der Waals surface area contributed by atoms with Gasteiger partial charge in [0, 0.05) is 25.2 Å². The molecule has 0 aromatic heterocycles.